The molecule has 3 nitrogen and oxygen atoms in total. The van der Waals surface area contributed by atoms with E-state index < -0.39 is 0 Å². The molecular weight excluding hydrogens is 412 g/mol. The van der Waals surface area contributed by atoms with Crippen LogP contribution < -0.4 is 4.90 Å². The zero-order valence-electron chi connectivity index (χ0n) is 15.7. The van der Waals surface area contributed by atoms with Crippen LogP contribution in [0.5, 0.6) is 0 Å². The number of hydrogen-bond acceptors (Lipinski definition) is 2. The predicted octanol–water partition coefficient (Wildman–Crippen LogP) is 5.90. The van der Waals surface area contributed by atoms with E-state index in [4.69, 9.17) is 4.99 Å². The van der Waals surface area contributed by atoms with Crippen molar-refractivity contribution in [2.75, 3.05) is 4.90 Å². The second-order valence-corrected chi connectivity index (χ2v) is 7.69. The second-order valence-electron chi connectivity index (χ2n) is 6.84. The van der Waals surface area contributed by atoms with Crippen LogP contribution in [0.15, 0.2) is 88.0 Å². The topological polar surface area (TPSA) is 32.7 Å². The van der Waals surface area contributed by atoms with Crippen LogP contribution in [-0.2, 0) is 4.79 Å². The molecule has 0 radical (unpaired) electrons. The molecule has 138 valence electrons. The number of nitrogens with zero attached hydrogens (tertiary/aromatic N) is 2. The van der Waals surface area contributed by atoms with Crippen molar-refractivity contribution >= 4 is 39.4 Å². The Morgan fingerprint density at radius 3 is 2.36 bits per heavy atom. The average Bonchev–Trinajstić information content (AvgIpc) is 3.00. The lowest BCUT2D eigenvalue weighted by molar-refractivity contribution is -0.113. The lowest BCUT2D eigenvalue weighted by atomic mass is 10.1. The third kappa shape index (κ3) is 3.56. The average molecular weight is 431 g/mol. The molecule has 1 amide bonds. The molecule has 1 aliphatic rings. The molecular formula is C24H19BrN2O. The van der Waals surface area contributed by atoms with E-state index in [0.717, 1.165) is 26.9 Å². The third-order valence-electron chi connectivity index (χ3n) is 4.62. The summed E-state index contributed by atoms with van der Waals surface area (Å²) < 4.78 is 0.899. The number of halogens is 1. The normalized spacial score (nSPS) is 15.2. The number of aliphatic imine (C=N–C) groups is 1. The van der Waals surface area contributed by atoms with Crippen LogP contribution in [0, 0.1) is 13.8 Å². The Bertz CT molecular complexity index is 1110. The molecule has 0 unspecified atom stereocenters. The van der Waals surface area contributed by atoms with Gasteiger partial charge >= 0.3 is 0 Å². The van der Waals surface area contributed by atoms with E-state index in [1.165, 1.54) is 5.56 Å². The Balaban J connectivity index is 1.85. The lowest BCUT2D eigenvalue weighted by Gasteiger charge is -2.19. The van der Waals surface area contributed by atoms with Crippen LogP contribution >= 0.6 is 15.9 Å². The highest BCUT2D eigenvalue weighted by atomic mass is 79.9. The molecule has 0 fully saturated rings. The number of hydrogen-bond donors (Lipinski definition) is 0. The molecule has 4 heteroatoms. The Labute approximate surface area is 173 Å². The molecule has 0 saturated carbocycles. The molecule has 0 atom stereocenters. The van der Waals surface area contributed by atoms with Crippen molar-refractivity contribution in [3.05, 3.63) is 105 Å². The fourth-order valence-electron chi connectivity index (χ4n) is 3.17. The van der Waals surface area contributed by atoms with Crippen LogP contribution in [-0.4, -0.2) is 11.7 Å². The number of carbonyl (C=O) groups excluding carboxylic acids is 1. The molecule has 0 bridgehead atoms. The number of amides is 1. The van der Waals surface area contributed by atoms with Gasteiger partial charge in [-0.1, -0.05) is 76.1 Å². The molecule has 0 aliphatic carbocycles. The summed E-state index contributed by atoms with van der Waals surface area (Å²) in [5.74, 6) is 0.498. The van der Waals surface area contributed by atoms with E-state index >= 15 is 0 Å². The Hall–Kier alpha value is -2.98. The van der Waals surface area contributed by atoms with E-state index in [1.54, 1.807) is 4.90 Å². The van der Waals surface area contributed by atoms with E-state index in [-0.39, 0.29) is 5.91 Å². The summed E-state index contributed by atoms with van der Waals surface area (Å²) in [6.45, 7) is 4.06. The molecule has 0 spiro atoms. The van der Waals surface area contributed by atoms with Gasteiger partial charge in [-0.15, -0.1) is 0 Å². The fourth-order valence-corrected chi connectivity index (χ4v) is 3.63. The highest BCUT2D eigenvalue weighted by molar-refractivity contribution is 9.10. The van der Waals surface area contributed by atoms with Gasteiger partial charge in [-0.25, -0.2) is 4.99 Å². The number of carbonyl (C=O) groups is 1. The largest absolute Gasteiger partial charge is 0.282 e. The van der Waals surface area contributed by atoms with Crippen molar-refractivity contribution in [2.24, 2.45) is 4.99 Å². The second kappa shape index (κ2) is 7.56. The molecule has 3 aromatic rings. The first-order chi connectivity index (χ1) is 13.5. The van der Waals surface area contributed by atoms with Crippen molar-refractivity contribution in [2.45, 2.75) is 13.8 Å². The van der Waals surface area contributed by atoms with Gasteiger partial charge in [0.1, 0.15) is 11.5 Å². The van der Waals surface area contributed by atoms with Gasteiger partial charge < -0.3 is 0 Å². The molecule has 3 aromatic carbocycles. The number of rotatable bonds is 3. The van der Waals surface area contributed by atoms with Crippen LogP contribution in [0.1, 0.15) is 22.3 Å². The molecule has 4 rings (SSSR count). The number of aryl methyl sites for hydroxylation is 2. The summed E-state index contributed by atoms with van der Waals surface area (Å²) in [5.41, 5.74) is 5.34. The van der Waals surface area contributed by atoms with Crippen LogP contribution in [0.25, 0.3) is 6.08 Å². The fraction of sp³-hybridized carbons (Fsp3) is 0.0833. The van der Waals surface area contributed by atoms with Crippen LogP contribution in [0.3, 0.4) is 0 Å². The number of amidine groups is 1. The highest BCUT2D eigenvalue weighted by Crippen LogP contribution is 2.30. The van der Waals surface area contributed by atoms with Crippen molar-refractivity contribution < 1.29 is 4.79 Å². The standard InChI is InChI=1S/C24H19BrN2O/c1-16-10-12-18(13-11-16)15-22-24(28)27(19-7-5-6-17(2)14-19)23(26-22)20-8-3-4-9-21(20)25/h3-15H,1-2H3/b22-15+. The minimum atomic E-state index is -0.128. The summed E-state index contributed by atoms with van der Waals surface area (Å²) >= 11 is 3.60. The van der Waals surface area contributed by atoms with Gasteiger partial charge in [0.15, 0.2) is 0 Å². The van der Waals surface area contributed by atoms with E-state index in [2.05, 4.69) is 15.9 Å². The summed E-state index contributed by atoms with van der Waals surface area (Å²) in [6.07, 6.45) is 1.84. The first kappa shape index (κ1) is 18.4. The number of anilines is 1. The van der Waals surface area contributed by atoms with E-state index in [1.807, 2.05) is 92.7 Å². The molecule has 1 heterocycles. The molecule has 0 aromatic heterocycles. The van der Waals surface area contributed by atoms with Crippen molar-refractivity contribution in [3.63, 3.8) is 0 Å². The maximum absolute atomic E-state index is 13.3. The van der Waals surface area contributed by atoms with Gasteiger partial charge in [-0.3, -0.25) is 9.69 Å². The maximum atomic E-state index is 13.3. The zero-order chi connectivity index (χ0) is 19.7. The van der Waals surface area contributed by atoms with Gasteiger partial charge in [-0.2, -0.15) is 0 Å². The summed E-state index contributed by atoms with van der Waals surface area (Å²) in [7, 11) is 0. The van der Waals surface area contributed by atoms with Gasteiger partial charge in [-0.05, 0) is 49.2 Å². The maximum Gasteiger partial charge on any atom is 0.282 e. The zero-order valence-corrected chi connectivity index (χ0v) is 17.3. The van der Waals surface area contributed by atoms with Crippen LogP contribution in [0.4, 0.5) is 5.69 Å². The molecule has 0 saturated heterocycles. The lowest BCUT2D eigenvalue weighted by Crippen LogP contribution is -2.32. The first-order valence-electron chi connectivity index (χ1n) is 9.06. The van der Waals surface area contributed by atoms with Gasteiger partial charge in [0.05, 0.1) is 5.69 Å². The van der Waals surface area contributed by atoms with Gasteiger partial charge in [0.2, 0.25) is 0 Å². The SMILES string of the molecule is Cc1ccc(/C=C2/N=C(c3ccccc3Br)N(c3cccc(C)c3)C2=O)cc1. The van der Waals surface area contributed by atoms with Crippen LogP contribution in [0.2, 0.25) is 0 Å². The molecule has 28 heavy (non-hydrogen) atoms. The van der Waals surface area contributed by atoms with Crippen molar-refractivity contribution in [1.82, 2.24) is 0 Å². The highest BCUT2D eigenvalue weighted by Gasteiger charge is 2.33. The van der Waals surface area contributed by atoms with Crippen molar-refractivity contribution in [3.8, 4) is 0 Å². The number of benzene rings is 3. The van der Waals surface area contributed by atoms with E-state index in [9.17, 15) is 4.79 Å². The quantitative estimate of drug-likeness (QED) is 0.476. The van der Waals surface area contributed by atoms with E-state index in [0.29, 0.717) is 11.5 Å². The monoisotopic (exact) mass is 430 g/mol. The Kier molecular flexibility index (Phi) is 4.97. The summed E-state index contributed by atoms with van der Waals surface area (Å²) in [6, 6.07) is 23.8. The smallest absolute Gasteiger partial charge is 0.266 e. The minimum Gasteiger partial charge on any atom is -0.266 e. The predicted molar refractivity (Wildman–Crippen MR) is 119 cm³/mol. The minimum absolute atomic E-state index is 0.128. The summed E-state index contributed by atoms with van der Waals surface area (Å²) in [5, 5.41) is 0. The van der Waals surface area contributed by atoms with Gasteiger partial charge in [0.25, 0.3) is 5.91 Å². The Morgan fingerprint density at radius 1 is 0.893 bits per heavy atom. The first-order valence-corrected chi connectivity index (χ1v) is 9.85. The van der Waals surface area contributed by atoms with Gasteiger partial charge in [0, 0.05) is 10.0 Å². The van der Waals surface area contributed by atoms with Crippen molar-refractivity contribution in [1.29, 1.82) is 0 Å². The third-order valence-corrected chi connectivity index (χ3v) is 5.31. The molecule has 1 aliphatic heterocycles. The summed E-state index contributed by atoms with van der Waals surface area (Å²) in [4.78, 5) is 19.7. The Morgan fingerprint density at radius 2 is 1.64 bits per heavy atom. The molecule has 0 N–H and O–H groups in total.